The summed E-state index contributed by atoms with van der Waals surface area (Å²) in [7, 11) is 0. The molecule has 1 aromatic heterocycles. The smallest absolute Gasteiger partial charge is 0.410 e. The van der Waals surface area contributed by atoms with E-state index < -0.39 is 5.60 Å². The number of carbonyl (C=O) groups excluding carboxylic acids is 1. The van der Waals surface area contributed by atoms with E-state index >= 15 is 0 Å². The summed E-state index contributed by atoms with van der Waals surface area (Å²) < 4.78 is 5.33. The molecule has 1 amide bonds. The summed E-state index contributed by atoms with van der Waals surface area (Å²) >= 11 is 0. The maximum atomic E-state index is 11.9. The lowest BCUT2D eigenvalue weighted by Gasteiger charge is -2.31. The molecule has 5 nitrogen and oxygen atoms in total. The van der Waals surface area contributed by atoms with Crippen LogP contribution in [-0.2, 0) is 17.7 Å². The van der Waals surface area contributed by atoms with E-state index in [1.807, 2.05) is 20.8 Å². The first kappa shape index (κ1) is 12.7. The molecule has 0 atom stereocenters. The molecule has 0 aromatic carbocycles. The van der Waals surface area contributed by atoms with Crippen LogP contribution in [0.15, 0.2) is 12.3 Å². The van der Waals surface area contributed by atoms with E-state index in [0.717, 1.165) is 11.1 Å². The van der Waals surface area contributed by atoms with Crippen LogP contribution in [0.5, 0.6) is 5.88 Å². The Hall–Kier alpha value is -1.78. The summed E-state index contributed by atoms with van der Waals surface area (Å²) in [6.07, 6.45) is 2.02. The molecule has 98 valence electrons. The fourth-order valence-corrected chi connectivity index (χ4v) is 1.91. The van der Waals surface area contributed by atoms with Crippen LogP contribution >= 0.6 is 0 Å². The van der Waals surface area contributed by atoms with Crippen molar-refractivity contribution in [1.82, 2.24) is 9.88 Å². The largest absolute Gasteiger partial charge is 0.493 e. The Kier molecular flexibility index (Phi) is 3.15. The number of rotatable bonds is 0. The van der Waals surface area contributed by atoms with Crippen molar-refractivity contribution in [3.63, 3.8) is 0 Å². The van der Waals surface area contributed by atoms with Gasteiger partial charge in [-0.05, 0) is 38.3 Å². The highest BCUT2D eigenvalue weighted by Gasteiger charge is 2.25. The number of nitrogens with zero attached hydrogens (tertiary/aromatic N) is 2. The van der Waals surface area contributed by atoms with Crippen molar-refractivity contribution in [3.05, 3.63) is 23.4 Å². The zero-order valence-corrected chi connectivity index (χ0v) is 10.9. The Labute approximate surface area is 106 Å². The van der Waals surface area contributed by atoms with Crippen LogP contribution in [0, 0.1) is 0 Å². The molecule has 0 aliphatic carbocycles. The van der Waals surface area contributed by atoms with Gasteiger partial charge in [-0.3, -0.25) is 0 Å². The number of pyridine rings is 1. The molecule has 0 spiro atoms. The van der Waals surface area contributed by atoms with E-state index in [4.69, 9.17) is 4.74 Å². The SMILES string of the molecule is CC(C)(C)OC(=O)N1CCc2cc(O)ncc2C1. The summed E-state index contributed by atoms with van der Waals surface area (Å²) in [5.41, 5.74) is 1.53. The van der Waals surface area contributed by atoms with Gasteiger partial charge in [0.2, 0.25) is 5.88 Å². The molecule has 2 rings (SSSR count). The van der Waals surface area contributed by atoms with Gasteiger partial charge < -0.3 is 14.7 Å². The number of hydrogen-bond donors (Lipinski definition) is 1. The molecule has 2 heterocycles. The highest BCUT2D eigenvalue weighted by Crippen LogP contribution is 2.22. The van der Waals surface area contributed by atoms with Crippen LogP contribution in [-0.4, -0.2) is 33.2 Å². The molecule has 1 aliphatic heterocycles. The number of ether oxygens (including phenoxy) is 1. The van der Waals surface area contributed by atoms with Crippen molar-refractivity contribution in [2.75, 3.05) is 6.54 Å². The highest BCUT2D eigenvalue weighted by atomic mass is 16.6. The van der Waals surface area contributed by atoms with E-state index in [1.165, 1.54) is 0 Å². The quantitative estimate of drug-likeness (QED) is 0.765. The first-order valence-electron chi connectivity index (χ1n) is 6.00. The summed E-state index contributed by atoms with van der Waals surface area (Å²) in [6, 6.07) is 1.65. The molecular formula is C13H18N2O3. The number of hydrogen-bond acceptors (Lipinski definition) is 4. The van der Waals surface area contributed by atoms with Gasteiger partial charge in [-0.25, -0.2) is 9.78 Å². The van der Waals surface area contributed by atoms with Crippen LogP contribution in [0.3, 0.4) is 0 Å². The van der Waals surface area contributed by atoms with Gasteiger partial charge in [0.25, 0.3) is 0 Å². The zero-order chi connectivity index (χ0) is 13.3. The standard InChI is InChI=1S/C13H18N2O3/c1-13(2,3)18-12(17)15-5-4-9-6-11(16)14-7-10(9)8-15/h6-7H,4-5,8H2,1-3H3,(H,14,16). The maximum absolute atomic E-state index is 11.9. The Balaban J connectivity index is 2.08. The molecule has 18 heavy (non-hydrogen) atoms. The van der Waals surface area contributed by atoms with Crippen LogP contribution < -0.4 is 0 Å². The normalized spacial score (nSPS) is 15.2. The first-order chi connectivity index (χ1) is 8.35. The topological polar surface area (TPSA) is 62.7 Å². The molecule has 1 N–H and O–H groups in total. The fourth-order valence-electron chi connectivity index (χ4n) is 1.91. The van der Waals surface area contributed by atoms with Crippen molar-refractivity contribution in [3.8, 4) is 5.88 Å². The predicted molar refractivity (Wildman–Crippen MR) is 66.2 cm³/mol. The van der Waals surface area contributed by atoms with E-state index in [9.17, 15) is 9.90 Å². The van der Waals surface area contributed by atoms with Crippen LogP contribution in [0.25, 0.3) is 0 Å². The first-order valence-corrected chi connectivity index (χ1v) is 6.00. The Morgan fingerprint density at radius 2 is 2.17 bits per heavy atom. The maximum Gasteiger partial charge on any atom is 0.410 e. The molecule has 5 heteroatoms. The van der Waals surface area contributed by atoms with Crippen molar-refractivity contribution < 1.29 is 14.6 Å². The summed E-state index contributed by atoms with van der Waals surface area (Å²) in [6.45, 7) is 6.63. The molecule has 0 unspecified atom stereocenters. The third-order valence-electron chi connectivity index (χ3n) is 2.73. The number of carbonyl (C=O) groups is 1. The third kappa shape index (κ3) is 2.91. The van der Waals surface area contributed by atoms with Gasteiger partial charge in [-0.2, -0.15) is 0 Å². The van der Waals surface area contributed by atoms with E-state index in [0.29, 0.717) is 19.5 Å². The third-order valence-corrected chi connectivity index (χ3v) is 2.73. The van der Waals surface area contributed by atoms with E-state index in [-0.39, 0.29) is 12.0 Å². The molecule has 0 radical (unpaired) electrons. The molecule has 0 saturated carbocycles. The number of aromatic hydroxyl groups is 1. The minimum absolute atomic E-state index is 0.0273. The van der Waals surface area contributed by atoms with Gasteiger partial charge in [0.05, 0.1) is 6.54 Å². The number of fused-ring (bicyclic) bond motifs is 1. The molecule has 0 bridgehead atoms. The minimum atomic E-state index is -0.482. The highest BCUT2D eigenvalue weighted by molar-refractivity contribution is 5.68. The Morgan fingerprint density at radius 1 is 1.44 bits per heavy atom. The summed E-state index contributed by atoms with van der Waals surface area (Å²) in [4.78, 5) is 17.4. The van der Waals surface area contributed by atoms with Gasteiger partial charge in [-0.15, -0.1) is 0 Å². The zero-order valence-electron chi connectivity index (χ0n) is 10.9. The van der Waals surface area contributed by atoms with Gasteiger partial charge in [0, 0.05) is 18.8 Å². The minimum Gasteiger partial charge on any atom is -0.493 e. The Morgan fingerprint density at radius 3 is 2.83 bits per heavy atom. The van der Waals surface area contributed by atoms with E-state index in [1.54, 1.807) is 17.2 Å². The molecular weight excluding hydrogens is 232 g/mol. The van der Waals surface area contributed by atoms with Crippen molar-refractivity contribution in [2.45, 2.75) is 39.3 Å². The van der Waals surface area contributed by atoms with Gasteiger partial charge >= 0.3 is 6.09 Å². The van der Waals surface area contributed by atoms with Crippen molar-refractivity contribution in [1.29, 1.82) is 0 Å². The lowest BCUT2D eigenvalue weighted by molar-refractivity contribution is 0.0223. The average molecular weight is 250 g/mol. The second-order valence-electron chi connectivity index (χ2n) is 5.46. The fraction of sp³-hybridized carbons (Fsp3) is 0.538. The van der Waals surface area contributed by atoms with Crippen molar-refractivity contribution >= 4 is 6.09 Å². The second-order valence-corrected chi connectivity index (χ2v) is 5.46. The van der Waals surface area contributed by atoms with Crippen molar-refractivity contribution in [2.24, 2.45) is 0 Å². The predicted octanol–water partition coefficient (Wildman–Crippen LogP) is 2.08. The van der Waals surface area contributed by atoms with Gasteiger partial charge in [-0.1, -0.05) is 0 Å². The second kappa shape index (κ2) is 4.48. The van der Waals surface area contributed by atoms with Crippen LogP contribution in [0.2, 0.25) is 0 Å². The lowest BCUT2D eigenvalue weighted by Crippen LogP contribution is -2.39. The van der Waals surface area contributed by atoms with Gasteiger partial charge in [0.1, 0.15) is 5.60 Å². The summed E-state index contributed by atoms with van der Waals surface area (Å²) in [5.74, 6) is 0.0273. The van der Waals surface area contributed by atoms with Gasteiger partial charge in [0.15, 0.2) is 0 Å². The van der Waals surface area contributed by atoms with Crippen LogP contribution in [0.1, 0.15) is 31.9 Å². The van der Waals surface area contributed by atoms with E-state index in [2.05, 4.69) is 4.98 Å². The lowest BCUT2D eigenvalue weighted by atomic mass is 10.0. The number of amides is 1. The number of aromatic nitrogens is 1. The summed E-state index contributed by atoms with van der Waals surface area (Å²) in [5, 5.41) is 9.30. The average Bonchev–Trinajstić information content (AvgIpc) is 2.26. The Bertz CT molecular complexity index is 466. The molecule has 0 fully saturated rings. The molecule has 1 aromatic rings. The molecule has 0 saturated heterocycles. The van der Waals surface area contributed by atoms with Crippen LogP contribution in [0.4, 0.5) is 4.79 Å². The molecule has 1 aliphatic rings. The monoisotopic (exact) mass is 250 g/mol.